The molecule has 4 nitrogen and oxygen atoms in total. The van der Waals surface area contributed by atoms with Gasteiger partial charge in [0.25, 0.3) is 0 Å². The van der Waals surface area contributed by atoms with Crippen LogP contribution in [0.4, 0.5) is 5.82 Å². The Kier molecular flexibility index (Phi) is 4.13. The number of ether oxygens (including phenoxy) is 1. The zero-order chi connectivity index (χ0) is 14.7. The molecule has 0 bridgehead atoms. The fourth-order valence-corrected chi connectivity index (χ4v) is 3.24. The Balaban J connectivity index is 1.98. The molecule has 1 N–H and O–H groups in total. The third-order valence-electron chi connectivity index (χ3n) is 3.19. The summed E-state index contributed by atoms with van der Waals surface area (Å²) in [5.74, 6) is 0.864. The average molecular weight is 299 g/mol. The summed E-state index contributed by atoms with van der Waals surface area (Å²) in [4.78, 5) is 10.9. The van der Waals surface area contributed by atoms with Gasteiger partial charge in [0.2, 0.25) is 0 Å². The van der Waals surface area contributed by atoms with E-state index in [1.54, 1.807) is 24.8 Å². The van der Waals surface area contributed by atoms with E-state index in [0.29, 0.717) is 6.61 Å². The molecule has 0 fully saturated rings. The predicted molar refractivity (Wildman–Crippen MR) is 87.8 cm³/mol. The summed E-state index contributed by atoms with van der Waals surface area (Å²) in [6.07, 6.45) is 1.61. The first-order valence-corrected chi connectivity index (χ1v) is 7.65. The van der Waals surface area contributed by atoms with Crippen LogP contribution in [0.1, 0.15) is 6.92 Å². The number of hydrogen-bond acceptors (Lipinski definition) is 5. The van der Waals surface area contributed by atoms with Crippen molar-refractivity contribution in [2.75, 3.05) is 19.0 Å². The van der Waals surface area contributed by atoms with Crippen molar-refractivity contribution in [2.45, 2.75) is 13.0 Å². The highest BCUT2D eigenvalue weighted by Crippen LogP contribution is 2.34. The molecule has 0 spiro atoms. The second-order valence-corrected chi connectivity index (χ2v) is 5.95. The maximum Gasteiger partial charge on any atom is 0.138 e. The zero-order valence-corrected chi connectivity index (χ0v) is 12.9. The monoisotopic (exact) mass is 299 g/mol. The zero-order valence-electron chi connectivity index (χ0n) is 12.0. The highest BCUT2D eigenvalue weighted by atomic mass is 32.1. The van der Waals surface area contributed by atoms with Crippen molar-refractivity contribution in [1.82, 2.24) is 9.97 Å². The van der Waals surface area contributed by atoms with Gasteiger partial charge in [-0.2, -0.15) is 0 Å². The van der Waals surface area contributed by atoms with Crippen LogP contribution in [0.15, 0.2) is 42.7 Å². The second kappa shape index (κ2) is 6.20. The van der Waals surface area contributed by atoms with Crippen molar-refractivity contribution < 1.29 is 4.74 Å². The molecule has 0 aliphatic carbocycles. The summed E-state index contributed by atoms with van der Waals surface area (Å²) in [7, 11) is 1.70. The molecule has 3 aromatic rings. The van der Waals surface area contributed by atoms with E-state index in [9.17, 15) is 0 Å². The number of nitrogens with one attached hydrogen (secondary N) is 1. The van der Waals surface area contributed by atoms with Gasteiger partial charge in [0.05, 0.1) is 12.0 Å². The van der Waals surface area contributed by atoms with Crippen molar-refractivity contribution >= 4 is 27.4 Å². The molecular formula is C16H17N3OS. The molecule has 0 saturated carbocycles. The fourth-order valence-electron chi connectivity index (χ4n) is 2.24. The molecule has 0 amide bonds. The van der Waals surface area contributed by atoms with E-state index < -0.39 is 0 Å². The lowest BCUT2D eigenvalue weighted by atomic mass is 10.2. The van der Waals surface area contributed by atoms with Crippen LogP contribution < -0.4 is 5.32 Å². The Morgan fingerprint density at radius 2 is 2.05 bits per heavy atom. The van der Waals surface area contributed by atoms with Gasteiger partial charge in [-0.05, 0) is 18.6 Å². The third-order valence-corrected chi connectivity index (χ3v) is 4.28. The first kappa shape index (κ1) is 14.0. The Morgan fingerprint density at radius 1 is 1.24 bits per heavy atom. The molecule has 0 unspecified atom stereocenters. The first-order chi connectivity index (χ1) is 10.3. The summed E-state index contributed by atoms with van der Waals surface area (Å²) in [6, 6.07) is 12.7. The largest absolute Gasteiger partial charge is 0.383 e. The summed E-state index contributed by atoms with van der Waals surface area (Å²) >= 11 is 1.68. The molecule has 21 heavy (non-hydrogen) atoms. The number of anilines is 1. The van der Waals surface area contributed by atoms with Crippen LogP contribution in [0, 0.1) is 0 Å². The Hall–Kier alpha value is -1.98. The predicted octanol–water partition coefficient (Wildman–Crippen LogP) is 3.81. The van der Waals surface area contributed by atoms with Gasteiger partial charge in [-0.25, -0.2) is 9.97 Å². The van der Waals surface area contributed by atoms with E-state index in [2.05, 4.69) is 40.4 Å². The van der Waals surface area contributed by atoms with Crippen LogP contribution in [-0.4, -0.2) is 29.7 Å². The van der Waals surface area contributed by atoms with Crippen molar-refractivity contribution in [3.8, 4) is 10.4 Å². The molecule has 5 heteroatoms. The number of nitrogens with zero attached hydrogens (tertiary/aromatic N) is 2. The van der Waals surface area contributed by atoms with Gasteiger partial charge in [0.15, 0.2) is 0 Å². The molecular weight excluding hydrogens is 282 g/mol. The fraction of sp³-hybridized carbons (Fsp3) is 0.250. The summed E-state index contributed by atoms with van der Waals surface area (Å²) < 4.78 is 5.16. The minimum atomic E-state index is 0.202. The Labute approximate surface area is 127 Å². The number of methoxy groups -OCH3 is 1. The molecule has 108 valence electrons. The van der Waals surface area contributed by atoms with Gasteiger partial charge in [-0.3, -0.25) is 0 Å². The van der Waals surface area contributed by atoms with Crippen molar-refractivity contribution in [1.29, 1.82) is 0 Å². The maximum atomic E-state index is 5.16. The normalized spacial score (nSPS) is 12.5. The van der Waals surface area contributed by atoms with Crippen molar-refractivity contribution in [3.05, 3.63) is 42.7 Å². The van der Waals surface area contributed by atoms with Crippen LogP contribution >= 0.6 is 11.3 Å². The summed E-state index contributed by atoms with van der Waals surface area (Å²) in [5, 5.41) is 4.44. The van der Waals surface area contributed by atoms with Gasteiger partial charge in [-0.1, -0.05) is 30.3 Å². The molecule has 2 aromatic heterocycles. The van der Waals surface area contributed by atoms with Gasteiger partial charge < -0.3 is 10.1 Å². The molecule has 0 aliphatic rings. The Morgan fingerprint density at radius 3 is 2.81 bits per heavy atom. The van der Waals surface area contributed by atoms with Crippen LogP contribution in [0.3, 0.4) is 0 Å². The van der Waals surface area contributed by atoms with E-state index in [1.165, 1.54) is 10.4 Å². The molecule has 1 atom stereocenters. The van der Waals surface area contributed by atoms with Gasteiger partial charge in [-0.15, -0.1) is 11.3 Å². The highest BCUT2D eigenvalue weighted by molar-refractivity contribution is 7.21. The molecule has 0 saturated heterocycles. The van der Waals surface area contributed by atoms with Gasteiger partial charge in [0.1, 0.15) is 17.0 Å². The second-order valence-electron chi connectivity index (χ2n) is 4.92. The molecule has 0 radical (unpaired) electrons. The van der Waals surface area contributed by atoms with E-state index in [4.69, 9.17) is 4.74 Å². The van der Waals surface area contributed by atoms with Gasteiger partial charge in [0, 0.05) is 18.0 Å². The van der Waals surface area contributed by atoms with Crippen LogP contribution in [0.5, 0.6) is 0 Å². The quantitative estimate of drug-likeness (QED) is 0.778. The molecule has 3 rings (SSSR count). The minimum absolute atomic E-state index is 0.202. The van der Waals surface area contributed by atoms with Gasteiger partial charge >= 0.3 is 0 Å². The van der Waals surface area contributed by atoms with Crippen molar-refractivity contribution in [2.24, 2.45) is 0 Å². The van der Waals surface area contributed by atoms with E-state index in [1.807, 2.05) is 18.2 Å². The Bertz CT molecular complexity index is 727. The topological polar surface area (TPSA) is 47.0 Å². The van der Waals surface area contributed by atoms with E-state index in [0.717, 1.165) is 16.0 Å². The van der Waals surface area contributed by atoms with Crippen LogP contribution in [0.2, 0.25) is 0 Å². The summed E-state index contributed by atoms with van der Waals surface area (Å²) in [6.45, 7) is 2.71. The molecule has 0 aliphatic heterocycles. The van der Waals surface area contributed by atoms with Crippen molar-refractivity contribution in [3.63, 3.8) is 0 Å². The lowest BCUT2D eigenvalue weighted by Crippen LogP contribution is -2.21. The SMILES string of the molecule is COC[C@@H](C)Nc1ncnc2sc(-c3ccccc3)cc12. The smallest absolute Gasteiger partial charge is 0.138 e. The summed E-state index contributed by atoms with van der Waals surface area (Å²) in [5.41, 5.74) is 1.20. The number of thiophene rings is 1. The van der Waals surface area contributed by atoms with E-state index >= 15 is 0 Å². The minimum Gasteiger partial charge on any atom is -0.383 e. The van der Waals surface area contributed by atoms with E-state index in [-0.39, 0.29) is 6.04 Å². The van der Waals surface area contributed by atoms with Crippen LogP contribution in [0.25, 0.3) is 20.7 Å². The lowest BCUT2D eigenvalue weighted by Gasteiger charge is -2.13. The average Bonchev–Trinajstić information content (AvgIpc) is 2.94. The molecule has 2 heterocycles. The number of benzene rings is 1. The lowest BCUT2D eigenvalue weighted by molar-refractivity contribution is 0.190. The molecule has 1 aromatic carbocycles. The number of hydrogen-bond donors (Lipinski definition) is 1. The number of aromatic nitrogens is 2. The number of rotatable bonds is 5. The maximum absolute atomic E-state index is 5.16. The third kappa shape index (κ3) is 3.04. The van der Waals surface area contributed by atoms with Crippen LogP contribution in [-0.2, 0) is 4.74 Å². The standard InChI is InChI=1S/C16H17N3OS/c1-11(9-20-2)19-15-13-8-14(12-6-4-3-5-7-12)21-16(13)18-10-17-15/h3-8,10-11H,9H2,1-2H3,(H,17,18,19)/t11-/m1/s1. The number of fused-ring (bicyclic) bond motifs is 1. The first-order valence-electron chi connectivity index (χ1n) is 6.83. The highest BCUT2D eigenvalue weighted by Gasteiger charge is 2.11.